The maximum Gasteiger partial charge on any atom is 0.243 e. The molecule has 1 aromatic heterocycles. The van der Waals surface area contributed by atoms with E-state index in [-0.39, 0.29) is 56.9 Å². The van der Waals surface area contributed by atoms with Gasteiger partial charge in [-0.25, -0.2) is 9.67 Å². The lowest BCUT2D eigenvalue weighted by atomic mass is 10.0. The minimum absolute atomic E-state index is 0.0663. The molecule has 0 fully saturated rings. The molecule has 0 bridgehead atoms. The molecular weight excluding hydrogens is 568 g/mol. The van der Waals surface area contributed by atoms with Crippen molar-refractivity contribution in [2.24, 2.45) is 5.92 Å². The van der Waals surface area contributed by atoms with Crippen LogP contribution in [0.5, 0.6) is 0 Å². The number of rotatable bonds is 6. The zero-order chi connectivity index (χ0) is 32.2. The van der Waals surface area contributed by atoms with Crippen molar-refractivity contribution in [2.45, 2.75) is 71.6 Å². The lowest BCUT2D eigenvalue weighted by molar-refractivity contribution is -0.138. The molecule has 240 valence electrons. The summed E-state index contributed by atoms with van der Waals surface area (Å²) in [4.78, 5) is 71.2. The maximum atomic E-state index is 13.5. The van der Waals surface area contributed by atoms with Crippen molar-refractivity contribution in [2.75, 3.05) is 33.4 Å². The van der Waals surface area contributed by atoms with Crippen molar-refractivity contribution in [3.05, 3.63) is 36.2 Å². The number of carbonyl (C=O) groups excluding carboxylic acids is 5. The van der Waals surface area contributed by atoms with Gasteiger partial charge in [0.2, 0.25) is 29.5 Å². The van der Waals surface area contributed by atoms with Crippen molar-refractivity contribution in [1.82, 2.24) is 40.9 Å². The fourth-order valence-electron chi connectivity index (χ4n) is 4.73. The molecule has 0 saturated heterocycles. The molecule has 1 aliphatic rings. The van der Waals surface area contributed by atoms with Gasteiger partial charge in [0.25, 0.3) is 0 Å². The highest BCUT2D eigenvalue weighted by molar-refractivity contribution is 5.93. The van der Waals surface area contributed by atoms with Crippen LogP contribution < -0.4 is 21.3 Å². The highest BCUT2D eigenvalue weighted by atomic mass is 16.5. The molecule has 1 aromatic carbocycles. The van der Waals surface area contributed by atoms with Crippen LogP contribution in [-0.4, -0.2) is 94.6 Å². The van der Waals surface area contributed by atoms with Gasteiger partial charge in [0.1, 0.15) is 24.5 Å². The number of nitrogens with zero attached hydrogens (tertiary/aromatic N) is 4. The van der Waals surface area contributed by atoms with E-state index in [1.54, 1.807) is 6.92 Å². The van der Waals surface area contributed by atoms with Gasteiger partial charge in [-0.05, 0) is 32.6 Å². The van der Waals surface area contributed by atoms with E-state index in [1.165, 1.54) is 23.6 Å². The Morgan fingerprint density at radius 3 is 2.39 bits per heavy atom. The third-order valence-electron chi connectivity index (χ3n) is 7.02. The topological polar surface area (TPSA) is 177 Å². The van der Waals surface area contributed by atoms with Crippen LogP contribution in [0.2, 0.25) is 0 Å². The van der Waals surface area contributed by atoms with Crippen molar-refractivity contribution in [3.8, 4) is 11.4 Å². The molecule has 0 aliphatic carbocycles. The molecule has 2 heterocycles. The van der Waals surface area contributed by atoms with Crippen molar-refractivity contribution >= 4 is 29.5 Å². The molecular formula is C30H44N8O6. The minimum atomic E-state index is -0.962. The number of benzene rings is 1. The van der Waals surface area contributed by atoms with Gasteiger partial charge >= 0.3 is 0 Å². The number of amides is 5. The summed E-state index contributed by atoms with van der Waals surface area (Å²) >= 11 is 0. The van der Waals surface area contributed by atoms with Gasteiger partial charge < -0.3 is 30.9 Å². The third-order valence-corrected chi connectivity index (χ3v) is 7.02. The Labute approximate surface area is 257 Å². The summed E-state index contributed by atoms with van der Waals surface area (Å²) in [6, 6.07) is 6.77. The lowest BCUT2D eigenvalue weighted by Gasteiger charge is -2.25. The minimum Gasteiger partial charge on any atom is -0.384 e. The number of methoxy groups -OCH3 is 1. The van der Waals surface area contributed by atoms with E-state index >= 15 is 0 Å². The fourth-order valence-corrected chi connectivity index (χ4v) is 4.73. The monoisotopic (exact) mass is 612 g/mol. The Morgan fingerprint density at radius 2 is 1.70 bits per heavy atom. The standard InChI is InChI=1S/C30H44N8O6/c1-19(2)16-23-30(43)33-20(3)28-35-27(22-10-7-6-8-11-22)36-38(28)18-24(39)31-13-9-14-37(26(41)12-15-44-5)17-25(40)32-21(4)29(42)34-23/h6-8,10-11,19-21,23H,9,12-18H2,1-5H3,(H,31,39)(H,32,40)(H,33,43)(H,34,42)/t20-,21+,23+/m0/s1. The molecule has 0 saturated carbocycles. The van der Waals surface area contributed by atoms with Crippen LogP contribution >= 0.6 is 0 Å². The van der Waals surface area contributed by atoms with Gasteiger partial charge in [0, 0.05) is 25.8 Å². The smallest absolute Gasteiger partial charge is 0.243 e. The molecule has 2 aromatic rings. The van der Waals surface area contributed by atoms with Crippen LogP contribution in [0.3, 0.4) is 0 Å². The molecule has 14 nitrogen and oxygen atoms in total. The first-order valence-electron chi connectivity index (χ1n) is 14.9. The molecule has 1 aliphatic heterocycles. The van der Waals surface area contributed by atoms with Crippen molar-refractivity contribution in [1.29, 1.82) is 0 Å². The number of fused-ring (bicyclic) bond motifs is 1. The van der Waals surface area contributed by atoms with Gasteiger partial charge in [-0.3, -0.25) is 24.0 Å². The summed E-state index contributed by atoms with van der Waals surface area (Å²) in [5.41, 5.74) is 0.750. The zero-order valence-corrected chi connectivity index (χ0v) is 26.1. The second-order valence-electron chi connectivity index (χ2n) is 11.3. The first kappa shape index (κ1) is 34.2. The van der Waals surface area contributed by atoms with E-state index in [0.717, 1.165) is 5.56 Å². The predicted molar refractivity (Wildman–Crippen MR) is 162 cm³/mol. The van der Waals surface area contributed by atoms with E-state index in [1.807, 2.05) is 44.2 Å². The highest BCUT2D eigenvalue weighted by Gasteiger charge is 2.29. The molecule has 0 radical (unpaired) electrons. The normalized spacial score (nSPS) is 21.2. The molecule has 0 unspecified atom stereocenters. The Morgan fingerprint density at radius 1 is 0.977 bits per heavy atom. The van der Waals surface area contributed by atoms with Gasteiger partial charge in [-0.2, -0.15) is 5.10 Å². The third kappa shape index (κ3) is 10.1. The summed E-state index contributed by atoms with van der Waals surface area (Å²) in [7, 11) is 1.48. The quantitative estimate of drug-likeness (QED) is 0.365. The van der Waals surface area contributed by atoms with Crippen LogP contribution in [0.1, 0.15) is 58.8 Å². The predicted octanol–water partition coefficient (Wildman–Crippen LogP) is 0.543. The van der Waals surface area contributed by atoms with Gasteiger partial charge in [0.05, 0.1) is 25.6 Å². The summed E-state index contributed by atoms with van der Waals surface area (Å²) in [5.74, 6) is -1.28. The van der Waals surface area contributed by atoms with Gasteiger partial charge in [0.15, 0.2) is 5.82 Å². The molecule has 5 amide bonds. The molecule has 3 rings (SSSR count). The van der Waals surface area contributed by atoms with Crippen LogP contribution in [0.4, 0.5) is 0 Å². The first-order valence-corrected chi connectivity index (χ1v) is 14.9. The van der Waals surface area contributed by atoms with E-state index < -0.39 is 35.8 Å². The van der Waals surface area contributed by atoms with Crippen LogP contribution in [0, 0.1) is 5.92 Å². The number of hydrogen-bond donors (Lipinski definition) is 4. The van der Waals surface area contributed by atoms with Gasteiger partial charge in [-0.1, -0.05) is 44.2 Å². The van der Waals surface area contributed by atoms with Crippen LogP contribution in [-0.2, 0) is 35.3 Å². The van der Waals surface area contributed by atoms with E-state index in [9.17, 15) is 24.0 Å². The average molecular weight is 613 g/mol. The lowest BCUT2D eigenvalue weighted by Crippen LogP contribution is -2.54. The molecule has 14 heteroatoms. The van der Waals surface area contributed by atoms with E-state index in [2.05, 4.69) is 31.3 Å². The highest BCUT2D eigenvalue weighted by Crippen LogP contribution is 2.19. The van der Waals surface area contributed by atoms with Crippen molar-refractivity contribution < 1.29 is 28.7 Å². The van der Waals surface area contributed by atoms with E-state index in [4.69, 9.17) is 4.74 Å². The van der Waals surface area contributed by atoms with Gasteiger partial charge in [-0.15, -0.1) is 0 Å². The Bertz CT molecular complexity index is 1300. The first-order chi connectivity index (χ1) is 21.0. The Balaban J connectivity index is 1.92. The summed E-state index contributed by atoms with van der Waals surface area (Å²) < 4.78 is 6.47. The van der Waals surface area contributed by atoms with Crippen molar-refractivity contribution in [3.63, 3.8) is 0 Å². The fraction of sp³-hybridized carbons (Fsp3) is 0.567. The number of aromatic nitrogens is 3. The Hall–Kier alpha value is -4.33. The number of ether oxygens (including phenoxy) is 1. The summed E-state index contributed by atoms with van der Waals surface area (Å²) in [6.07, 6.45) is 0.808. The Kier molecular flexibility index (Phi) is 12.8. The second kappa shape index (κ2) is 16.5. The molecule has 3 atom stereocenters. The summed E-state index contributed by atoms with van der Waals surface area (Å²) in [6.45, 7) is 7.32. The SMILES string of the molecule is COCCC(=O)N1CCCNC(=O)Cn2nc(-c3ccccc3)nc2[C@H](C)NC(=O)[C@@H](CC(C)C)NC(=O)[C@@H](C)NC(=O)C1. The molecule has 0 spiro atoms. The summed E-state index contributed by atoms with van der Waals surface area (Å²) in [5, 5.41) is 15.7. The van der Waals surface area contributed by atoms with Crippen LogP contribution in [0.15, 0.2) is 30.3 Å². The largest absolute Gasteiger partial charge is 0.384 e. The van der Waals surface area contributed by atoms with Crippen LogP contribution in [0.25, 0.3) is 11.4 Å². The molecule has 4 N–H and O–H groups in total. The average Bonchev–Trinajstić information content (AvgIpc) is 3.40. The maximum absolute atomic E-state index is 13.5. The molecule has 44 heavy (non-hydrogen) atoms. The van der Waals surface area contributed by atoms with E-state index in [0.29, 0.717) is 24.5 Å². The number of carbonyl (C=O) groups is 5. The number of hydrogen-bond acceptors (Lipinski definition) is 8. The second-order valence-corrected chi connectivity index (χ2v) is 11.3. The number of nitrogens with one attached hydrogen (secondary N) is 4. The zero-order valence-electron chi connectivity index (χ0n) is 26.1.